The van der Waals surface area contributed by atoms with Crippen LogP contribution in [0.2, 0.25) is 0 Å². The predicted molar refractivity (Wildman–Crippen MR) is 100 cm³/mol. The minimum absolute atomic E-state index is 0.893. The predicted octanol–water partition coefficient (Wildman–Crippen LogP) is 5.03. The van der Waals surface area contributed by atoms with Crippen LogP contribution in [0.5, 0.6) is 0 Å². The fourth-order valence-electron chi connectivity index (χ4n) is 3.22. The Morgan fingerprint density at radius 2 is 1.58 bits per heavy atom. The zero-order valence-electron chi connectivity index (χ0n) is 14.9. The smallest absolute Gasteiger partial charge is 0.0952 e. The Morgan fingerprint density at radius 3 is 2.29 bits per heavy atom. The summed E-state index contributed by atoms with van der Waals surface area (Å²) in [7, 11) is 0. The van der Waals surface area contributed by atoms with Gasteiger partial charge in [-0.3, -0.25) is 0 Å². The van der Waals surface area contributed by atoms with Gasteiger partial charge in [0.1, 0.15) is 0 Å². The molecule has 2 nitrogen and oxygen atoms in total. The van der Waals surface area contributed by atoms with Crippen molar-refractivity contribution in [2.45, 2.75) is 46.6 Å². The molecule has 0 unspecified atom stereocenters. The van der Waals surface area contributed by atoms with Gasteiger partial charge in [0.2, 0.25) is 0 Å². The third-order valence-electron chi connectivity index (χ3n) is 4.68. The summed E-state index contributed by atoms with van der Waals surface area (Å²) in [4.78, 5) is 4.57. The summed E-state index contributed by atoms with van der Waals surface area (Å²) in [5.74, 6) is 0. The maximum absolute atomic E-state index is 4.57. The van der Waals surface area contributed by atoms with Crippen molar-refractivity contribution in [1.82, 2.24) is 9.55 Å². The summed E-state index contributed by atoms with van der Waals surface area (Å²) in [5, 5.41) is 0. The Kier molecular flexibility index (Phi) is 5.14. The number of hydrogen-bond acceptors (Lipinski definition) is 1. The van der Waals surface area contributed by atoms with Crippen LogP contribution in [0.4, 0.5) is 0 Å². The molecular weight excluding hydrogens is 292 g/mol. The molecule has 0 amide bonds. The minimum atomic E-state index is 0.893. The molecule has 0 aliphatic heterocycles. The van der Waals surface area contributed by atoms with E-state index in [9.17, 15) is 0 Å². The van der Waals surface area contributed by atoms with E-state index in [0.717, 1.165) is 25.8 Å². The van der Waals surface area contributed by atoms with Crippen LogP contribution in [0.3, 0.4) is 0 Å². The number of aryl methyl sites for hydroxylation is 4. The van der Waals surface area contributed by atoms with Crippen molar-refractivity contribution in [3.63, 3.8) is 0 Å². The van der Waals surface area contributed by atoms with E-state index in [2.05, 4.69) is 79.0 Å². The Morgan fingerprint density at radius 1 is 0.875 bits per heavy atom. The Labute approximate surface area is 145 Å². The number of imidazole rings is 1. The van der Waals surface area contributed by atoms with Crippen LogP contribution in [0.1, 0.15) is 39.9 Å². The van der Waals surface area contributed by atoms with Crippen LogP contribution in [0, 0.1) is 20.8 Å². The third kappa shape index (κ3) is 4.14. The summed E-state index contributed by atoms with van der Waals surface area (Å²) < 4.78 is 2.18. The van der Waals surface area contributed by atoms with Crippen molar-refractivity contribution >= 4 is 0 Å². The van der Waals surface area contributed by atoms with Gasteiger partial charge in [0.25, 0.3) is 0 Å². The van der Waals surface area contributed by atoms with Gasteiger partial charge in [0.15, 0.2) is 0 Å². The van der Waals surface area contributed by atoms with Gasteiger partial charge < -0.3 is 4.57 Å². The molecule has 3 rings (SSSR count). The number of benzene rings is 2. The van der Waals surface area contributed by atoms with E-state index >= 15 is 0 Å². The fraction of sp³-hybridized carbons (Fsp3) is 0.318. The molecule has 0 saturated carbocycles. The first-order chi connectivity index (χ1) is 11.6. The van der Waals surface area contributed by atoms with E-state index in [-0.39, 0.29) is 0 Å². The van der Waals surface area contributed by atoms with E-state index in [0.29, 0.717) is 0 Å². The molecule has 1 heterocycles. The highest BCUT2D eigenvalue weighted by atomic mass is 15.0. The van der Waals surface area contributed by atoms with Gasteiger partial charge in [-0.1, -0.05) is 48.0 Å². The highest BCUT2D eigenvalue weighted by Gasteiger charge is 2.04. The van der Waals surface area contributed by atoms with Crippen molar-refractivity contribution in [2.75, 3.05) is 0 Å². The standard InChI is InChI=1S/C22H26N2/c1-17-10-12-20(13-11-17)14-24-15-21(23-16-24)8-5-9-22-18(2)6-4-7-19(22)3/h4,6-7,10-13,15-16H,5,8-9,14H2,1-3H3. The van der Waals surface area contributed by atoms with Gasteiger partial charge in [-0.05, 0) is 62.3 Å². The first-order valence-corrected chi connectivity index (χ1v) is 8.73. The van der Waals surface area contributed by atoms with E-state index < -0.39 is 0 Å². The fourth-order valence-corrected chi connectivity index (χ4v) is 3.22. The molecule has 2 heteroatoms. The number of hydrogen-bond donors (Lipinski definition) is 0. The Balaban J connectivity index is 1.55. The molecule has 3 aromatic rings. The van der Waals surface area contributed by atoms with Gasteiger partial charge in [0, 0.05) is 12.7 Å². The minimum Gasteiger partial charge on any atom is -0.333 e. The zero-order chi connectivity index (χ0) is 16.9. The largest absolute Gasteiger partial charge is 0.333 e. The van der Waals surface area contributed by atoms with E-state index in [1.54, 1.807) is 0 Å². The SMILES string of the molecule is Cc1ccc(Cn2cnc(CCCc3c(C)cccc3C)c2)cc1. The van der Waals surface area contributed by atoms with E-state index in [4.69, 9.17) is 0 Å². The summed E-state index contributed by atoms with van der Waals surface area (Å²) in [6.45, 7) is 7.43. The third-order valence-corrected chi connectivity index (χ3v) is 4.68. The lowest BCUT2D eigenvalue weighted by atomic mass is 9.97. The summed E-state index contributed by atoms with van der Waals surface area (Å²) >= 11 is 0. The maximum Gasteiger partial charge on any atom is 0.0952 e. The van der Waals surface area contributed by atoms with Crippen molar-refractivity contribution in [3.8, 4) is 0 Å². The van der Waals surface area contributed by atoms with Crippen LogP contribution in [0.25, 0.3) is 0 Å². The quantitative estimate of drug-likeness (QED) is 0.623. The average molecular weight is 318 g/mol. The van der Waals surface area contributed by atoms with Crippen molar-refractivity contribution < 1.29 is 0 Å². The number of aromatic nitrogens is 2. The van der Waals surface area contributed by atoms with E-state index in [1.165, 1.54) is 33.5 Å². The topological polar surface area (TPSA) is 17.8 Å². The second-order valence-corrected chi connectivity index (χ2v) is 6.75. The average Bonchev–Trinajstić information content (AvgIpc) is 3.00. The molecule has 0 bridgehead atoms. The Bertz CT molecular complexity index is 777. The Hall–Kier alpha value is -2.35. The van der Waals surface area contributed by atoms with Gasteiger partial charge >= 0.3 is 0 Å². The van der Waals surface area contributed by atoms with Crippen LogP contribution < -0.4 is 0 Å². The lowest BCUT2D eigenvalue weighted by Crippen LogP contribution is -1.97. The molecule has 0 atom stereocenters. The molecule has 0 aliphatic rings. The van der Waals surface area contributed by atoms with Gasteiger partial charge in [0.05, 0.1) is 12.0 Å². The second kappa shape index (κ2) is 7.48. The molecule has 0 fully saturated rings. The van der Waals surface area contributed by atoms with Gasteiger partial charge in [-0.25, -0.2) is 4.98 Å². The molecule has 0 spiro atoms. The molecule has 0 saturated heterocycles. The zero-order valence-corrected chi connectivity index (χ0v) is 14.9. The van der Waals surface area contributed by atoms with Crippen LogP contribution >= 0.6 is 0 Å². The molecular formula is C22H26N2. The lowest BCUT2D eigenvalue weighted by Gasteiger charge is -2.08. The second-order valence-electron chi connectivity index (χ2n) is 6.75. The molecule has 0 N–H and O–H groups in total. The van der Waals surface area contributed by atoms with Crippen LogP contribution in [0.15, 0.2) is 55.0 Å². The van der Waals surface area contributed by atoms with Crippen LogP contribution in [-0.2, 0) is 19.4 Å². The summed E-state index contributed by atoms with van der Waals surface area (Å²) in [5.41, 5.74) is 8.11. The van der Waals surface area contributed by atoms with Crippen molar-refractivity contribution in [1.29, 1.82) is 0 Å². The highest BCUT2D eigenvalue weighted by Crippen LogP contribution is 2.16. The molecule has 1 aromatic heterocycles. The maximum atomic E-state index is 4.57. The van der Waals surface area contributed by atoms with Crippen LogP contribution in [-0.4, -0.2) is 9.55 Å². The normalized spacial score (nSPS) is 11.0. The van der Waals surface area contributed by atoms with Gasteiger partial charge in [-0.15, -0.1) is 0 Å². The van der Waals surface area contributed by atoms with Crippen molar-refractivity contribution in [2.24, 2.45) is 0 Å². The lowest BCUT2D eigenvalue weighted by molar-refractivity contribution is 0.783. The monoisotopic (exact) mass is 318 g/mol. The summed E-state index contributed by atoms with van der Waals surface area (Å²) in [6, 6.07) is 15.3. The first-order valence-electron chi connectivity index (χ1n) is 8.73. The molecule has 0 aliphatic carbocycles. The number of rotatable bonds is 6. The van der Waals surface area contributed by atoms with Gasteiger partial charge in [-0.2, -0.15) is 0 Å². The summed E-state index contributed by atoms with van der Waals surface area (Å²) in [6.07, 6.45) is 7.45. The molecule has 0 radical (unpaired) electrons. The first kappa shape index (κ1) is 16.5. The number of nitrogens with zero attached hydrogens (tertiary/aromatic N) is 2. The molecule has 124 valence electrons. The molecule has 2 aromatic carbocycles. The molecule has 24 heavy (non-hydrogen) atoms. The highest BCUT2D eigenvalue weighted by molar-refractivity contribution is 5.33. The van der Waals surface area contributed by atoms with E-state index in [1.807, 2.05) is 6.33 Å². The van der Waals surface area contributed by atoms with Crippen molar-refractivity contribution in [3.05, 3.63) is 88.5 Å².